The lowest BCUT2D eigenvalue weighted by molar-refractivity contribution is 0.233. The van der Waals surface area contributed by atoms with Crippen LogP contribution in [0, 0.1) is 11.8 Å². The molecular weight excluding hydrogens is 268 g/mol. The molecule has 106 valence electrons. The number of nitrogens with two attached hydrogens (primary N) is 1. The van der Waals surface area contributed by atoms with E-state index in [1.54, 1.807) is 4.31 Å². The lowest BCUT2D eigenvalue weighted by Gasteiger charge is -2.33. The first-order chi connectivity index (χ1) is 8.47. The van der Waals surface area contributed by atoms with Gasteiger partial charge >= 0.3 is 0 Å². The third-order valence-corrected chi connectivity index (χ3v) is 6.58. The molecule has 2 aliphatic heterocycles. The summed E-state index contributed by atoms with van der Waals surface area (Å²) in [4.78, 5) is 0. The van der Waals surface area contributed by atoms with E-state index in [-0.39, 0.29) is 6.04 Å². The van der Waals surface area contributed by atoms with Gasteiger partial charge in [-0.3, -0.25) is 0 Å². The quantitative estimate of drug-likeness (QED) is 0.843. The fraction of sp³-hybridized carbons (Fsp3) is 1.00. The van der Waals surface area contributed by atoms with Gasteiger partial charge in [-0.05, 0) is 49.0 Å². The Balaban J connectivity index is 1.85. The molecule has 0 bridgehead atoms. The molecule has 0 aromatic carbocycles. The molecule has 3 unspecified atom stereocenters. The SMILES string of the molecule is CS(=O)(=O)N1CCCC(CC(N)C2CCSC2)C1. The third kappa shape index (κ3) is 3.85. The van der Waals surface area contributed by atoms with E-state index in [0.717, 1.165) is 19.3 Å². The Labute approximate surface area is 115 Å². The van der Waals surface area contributed by atoms with Crippen molar-refractivity contribution >= 4 is 21.8 Å². The zero-order valence-corrected chi connectivity index (χ0v) is 12.7. The van der Waals surface area contributed by atoms with Gasteiger partial charge < -0.3 is 5.73 Å². The summed E-state index contributed by atoms with van der Waals surface area (Å²) in [6.45, 7) is 1.36. The van der Waals surface area contributed by atoms with Gasteiger partial charge in [0.2, 0.25) is 10.0 Å². The number of rotatable bonds is 4. The van der Waals surface area contributed by atoms with Gasteiger partial charge in [0.05, 0.1) is 6.26 Å². The number of thioether (sulfide) groups is 1. The number of piperidine rings is 1. The van der Waals surface area contributed by atoms with Crippen molar-refractivity contribution in [2.45, 2.75) is 31.7 Å². The Hall–Kier alpha value is 0.220. The summed E-state index contributed by atoms with van der Waals surface area (Å²) < 4.78 is 24.8. The van der Waals surface area contributed by atoms with Gasteiger partial charge in [-0.1, -0.05) is 0 Å². The van der Waals surface area contributed by atoms with Crippen LogP contribution in [-0.4, -0.2) is 49.6 Å². The minimum atomic E-state index is -3.03. The van der Waals surface area contributed by atoms with E-state index >= 15 is 0 Å². The maximum absolute atomic E-state index is 11.6. The predicted molar refractivity (Wildman–Crippen MR) is 77.2 cm³/mol. The Kier molecular flexibility index (Phi) is 4.97. The van der Waals surface area contributed by atoms with Crippen LogP contribution in [-0.2, 0) is 10.0 Å². The molecule has 2 N–H and O–H groups in total. The molecule has 0 amide bonds. The van der Waals surface area contributed by atoms with E-state index in [1.807, 2.05) is 11.8 Å². The van der Waals surface area contributed by atoms with E-state index in [4.69, 9.17) is 5.73 Å². The van der Waals surface area contributed by atoms with Gasteiger partial charge in [0.25, 0.3) is 0 Å². The van der Waals surface area contributed by atoms with E-state index in [1.165, 1.54) is 24.2 Å². The van der Waals surface area contributed by atoms with Crippen LogP contribution >= 0.6 is 11.8 Å². The molecule has 0 aromatic rings. The van der Waals surface area contributed by atoms with Gasteiger partial charge in [0, 0.05) is 19.1 Å². The summed E-state index contributed by atoms with van der Waals surface area (Å²) in [6.07, 6.45) is 5.62. The molecule has 18 heavy (non-hydrogen) atoms. The summed E-state index contributed by atoms with van der Waals surface area (Å²) in [6, 6.07) is 0.254. The summed E-state index contributed by atoms with van der Waals surface area (Å²) in [5, 5.41) is 0. The van der Waals surface area contributed by atoms with E-state index in [0.29, 0.717) is 24.9 Å². The standard InChI is InChI=1S/C12H24N2O2S2/c1-18(15,16)14-5-2-3-10(8-14)7-12(13)11-4-6-17-9-11/h10-12H,2-9,13H2,1H3. The maximum Gasteiger partial charge on any atom is 0.211 e. The van der Waals surface area contributed by atoms with Crippen molar-refractivity contribution in [3.8, 4) is 0 Å². The largest absolute Gasteiger partial charge is 0.327 e. The van der Waals surface area contributed by atoms with Crippen molar-refractivity contribution in [1.29, 1.82) is 0 Å². The lowest BCUT2D eigenvalue weighted by atomic mass is 9.87. The first-order valence-electron chi connectivity index (χ1n) is 6.75. The molecule has 0 spiro atoms. The van der Waals surface area contributed by atoms with E-state index in [9.17, 15) is 8.42 Å². The molecule has 0 aromatic heterocycles. The smallest absolute Gasteiger partial charge is 0.211 e. The van der Waals surface area contributed by atoms with Crippen molar-refractivity contribution < 1.29 is 8.42 Å². The normalized spacial score (nSPS) is 32.6. The molecule has 3 atom stereocenters. The topological polar surface area (TPSA) is 63.4 Å². The highest BCUT2D eigenvalue weighted by Gasteiger charge is 2.30. The minimum absolute atomic E-state index is 0.254. The monoisotopic (exact) mass is 292 g/mol. The molecule has 0 aliphatic carbocycles. The number of hydrogen-bond acceptors (Lipinski definition) is 4. The summed E-state index contributed by atoms with van der Waals surface area (Å²) in [5.41, 5.74) is 6.28. The molecule has 2 saturated heterocycles. The van der Waals surface area contributed by atoms with Crippen LogP contribution in [0.25, 0.3) is 0 Å². The van der Waals surface area contributed by atoms with Gasteiger partial charge in [0.1, 0.15) is 0 Å². The summed E-state index contributed by atoms with van der Waals surface area (Å²) >= 11 is 1.99. The molecule has 6 heteroatoms. The fourth-order valence-corrected chi connectivity index (χ4v) is 5.28. The van der Waals surface area contributed by atoms with Crippen LogP contribution in [0.15, 0.2) is 0 Å². The van der Waals surface area contributed by atoms with Crippen LogP contribution in [0.1, 0.15) is 25.7 Å². The Morgan fingerprint density at radius 1 is 1.44 bits per heavy atom. The third-order valence-electron chi connectivity index (χ3n) is 4.13. The van der Waals surface area contributed by atoms with Crippen molar-refractivity contribution in [3.63, 3.8) is 0 Å². The minimum Gasteiger partial charge on any atom is -0.327 e. The van der Waals surface area contributed by atoms with Gasteiger partial charge in [-0.25, -0.2) is 12.7 Å². The van der Waals surface area contributed by atoms with Crippen molar-refractivity contribution in [2.24, 2.45) is 17.6 Å². The molecule has 2 aliphatic rings. The van der Waals surface area contributed by atoms with E-state index in [2.05, 4.69) is 0 Å². The highest BCUT2D eigenvalue weighted by molar-refractivity contribution is 7.99. The highest BCUT2D eigenvalue weighted by Crippen LogP contribution is 2.30. The number of hydrogen-bond donors (Lipinski definition) is 1. The molecule has 0 saturated carbocycles. The first kappa shape index (κ1) is 14.6. The molecule has 2 rings (SSSR count). The van der Waals surface area contributed by atoms with Crippen LogP contribution in [0.3, 0.4) is 0 Å². The molecule has 2 heterocycles. The van der Waals surface area contributed by atoms with Crippen molar-refractivity contribution in [1.82, 2.24) is 4.31 Å². The second-order valence-corrected chi connectivity index (χ2v) is 8.78. The van der Waals surface area contributed by atoms with Gasteiger partial charge in [0.15, 0.2) is 0 Å². The molecular formula is C12H24N2O2S2. The van der Waals surface area contributed by atoms with E-state index < -0.39 is 10.0 Å². The second-order valence-electron chi connectivity index (χ2n) is 5.65. The Morgan fingerprint density at radius 2 is 2.22 bits per heavy atom. The van der Waals surface area contributed by atoms with Crippen LogP contribution in [0.2, 0.25) is 0 Å². The van der Waals surface area contributed by atoms with Crippen molar-refractivity contribution in [2.75, 3.05) is 30.9 Å². The highest BCUT2D eigenvalue weighted by atomic mass is 32.2. The maximum atomic E-state index is 11.6. The van der Waals surface area contributed by atoms with Crippen LogP contribution < -0.4 is 5.73 Å². The van der Waals surface area contributed by atoms with Gasteiger partial charge in [-0.2, -0.15) is 11.8 Å². The second kappa shape index (κ2) is 6.11. The average molecular weight is 292 g/mol. The zero-order chi connectivity index (χ0) is 13.2. The van der Waals surface area contributed by atoms with Gasteiger partial charge in [-0.15, -0.1) is 0 Å². The summed E-state index contributed by atoms with van der Waals surface area (Å²) in [5.74, 6) is 3.51. The Bertz CT molecular complexity index is 366. The molecule has 4 nitrogen and oxygen atoms in total. The van der Waals surface area contributed by atoms with Crippen LogP contribution in [0.5, 0.6) is 0 Å². The number of nitrogens with zero attached hydrogens (tertiary/aromatic N) is 1. The fourth-order valence-electron chi connectivity index (χ4n) is 2.99. The number of sulfonamides is 1. The van der Waals surface area contributed by atoms with Crippen molar-refractivity contribution in [3.05, 3.63) is 0 Å². The molecule has 2 fully saturated rings. The first-order valence-corrected chi connectivity index (χ1v) is 9.75. The van der Waals surface area contributed by atoms with Crippen LogP contribution in [0.4, 0.5) is 0 Å². The zero-order valence-electron chi connectivity index (χ0n) is 11.0. The average Bonchev–Trinajstić information content (AvgIpc) is 2.81. The predicted octanol–water partition coefficient (Wildman–Crippen LogP) is 1.13. The summed E-state index contributed by atoms with van der Waals surface area (Å²) in [7, 11) is -3.03. The molecule has 0 radical (unpaired) electrons. The lowest BCUT2D eigenvalue weighted by Crippen LogP contribution is -2.42. The Morgan fingerprint density at radius 3 is 2.83 bits per heavy atom.